The number of aliphatic hydroxyl groups is 2. The number of halogens is 2. The lowest BCUT2D eigenvalue weighted by Crippen LogP contribution is -2.40. The summed E-state index contributed by atoms with van der Waals surface area (Å²) in [5.74, 6) is -4.64. The van der Waals surface area contributed by atoms with Gasteiger partial charge >= 0.3 is 0 Å². The van der Waals surface area contributed by atoms with Crippen molar-refractivity contribution in [1.82, 2.24) is 0 Å². The monoisotopic (exact) mass is 272 g/mol. The Kier molecular flexibility index (Phi) is 5.88. The molecule has 1 aromatic rings. The molecule has 0 aliphatic rings. The van der Waals surface area contributed by atoms with Crippen molar-refractivity contribution in [3.05, 3.63) is 35.9 Å². The van der Waals surface area contributed by atoms with Gasteiger partial charge in [0.25, 0.3) is 5.92 Å². The molecule has 0 aliphatic heterocycles. The molecule has 0 bridgehead atoms. The minimum atomic E-state index is -3.35. The first-order chi connectivity index (χ1) is 8.91. The van der Waals surface area contributed by atoms with Crippen LogP contribution in [-0.4, -0.2) is 22.2 Å². The van der Waals surface area contributed by atoms with Crippen LogP contribution in [0, 0.1) is 5.92 Å². The van der Waals surface area contributed by atoms with E-state index in [9.17, 15) is 19.0 Å². The summed E-state index contributed by atoms with van der Waals surface area (Å²) in [5, 5.41) is 19.6. The molecule has 0 saturated heterocycles. The molecule has 0 aliphatic carbocycles. The van der Waals surface area contributed by atoms with Gasteiger partial charge in [0.15, 0.2) is 0 Å². The van der Waals surface area contributed by atoms with E-state index in [1.165, 1.54) is 19.1 Å². The van der Waals surface area contributed by atoms with Crippen LogP contribution < -0.4 is 0 Å². The fourth-order valence-corrected chi connectivity index (χ4v) is 2.03. The van der Waals surface area contributed by atoms with Gasteiger partial charge in [0.2, 0.25) is 0 Å². The number of unbranched alkanes of at least 4 members (excludes halogenated alkanes) is 1. The predicted molar refractivity (Wildman–Crippen MR) is 71.0 cm³/mol. The van der Waals surface area contributed by atoms with Gasteiger partial charge < -0.3 is 10.2 Å². The van der Waals surface area contributed by atoms with E-state index >= 15 is 0 Å². The number of hydrogen-bond donors (Lipinski definition) is 2. The highest BCUT2D eigenvalue weighted by Crippen LogP contribution is 2.39. The smallest absolute Gasteiger partial charge is 0.282 e. The Bertz CT molecular complexity index is 368. The van der Waals surface area contributed by atoms with Crippen molar-refractivity contribution in [2.75, 3.05) is 0 Å². The Balaban J connectivity index is 2.78. The maximum absolute atomic E-state index is 14.2. The first-order valence-electron chi connectivity index (χ1n) is 6.70. The van der Waals surface area contributed by atoms with E-state index in [1.54, 1.807) is 18.2 Å². The summed E-state index contributed by atoms with van der Waals surface area (Å²) in [7, 11) is 0. The fraction of sp³-hybridized carbons (Fsp3) is 0.600. The van der Waals surface area contributed by atoms with Gasteiger partial charge in [0, 0.05) is 5.92 Å². The quantitative estimate of drug-likeness (QED) is 0.797. The van der Waals surface area contributed by atoms with Gasteiger partial charge in [-0.05, 0) is 12.0 Å². The molecular weight excluding hydrogens is 250 g/mol. The molecular formula is C15H22F2O2. The van der Waals surface area contributed by atoms with Crippen molar-refractivity contribution in [3.8, 4) is 0 Å². The van der Waals surface area contributed by atoms with Crippen LogP contribution in [0.2, 0.25) is 0 Å². The van der Waals surface area contributed by atoms with Gasteiger partial charge in [-0.3, -0.25) is 0 Å². The molecule has 0 fully saturated rings. The highest BCUT2D eigenvalue weighted by Gasteiger charge is 2.47. The zero-order valence-electron chi connectivity index (χ0n) is 11.4. The van der Waals surface area contributed by atoms with Gasteiger partial charge in [-0.2, -0.15) is 0 Å². The van der Waals surface area contributed by atoms with Crippen LogP contribution in [0.4, 0.5) is 8.78 Å². The van der Waals surface area contributed by atoms with Crippen molar-refractivity contribution in [2.45, 2.75) is 51.2 Å². The van der Waals surface area contributed by atoms with Crippen LogP contribution in [0.5, 0.6) is 0 Å². The number of aliphatic hydroxyl groups excluding tert-OH is 2. The van der Waals surface area contributed by atoms with Gasteiger partial charge in [-0.25, -0.2) is 8.78 Å². The molecule has 4 heteroatoms. The maximum atomic E-state index is 14.2. The van der Waals surface area contributed by atoms with Gasteiger partial charge in [0.05, 0.1) is 6.10 Å². The molecule has 0 amide bonds. The minimum absolute atomic E-state index is 0.169. The van der Waals surface area contributed by atoms with Crippen molar-refractivity contribution in [3.63, 3.8) is 0 Å². The number of benzene rings is 1. The van der Waals surface area contributed by atoms with Crippen LogP contribution in [0.25, 0.3) is 0 Å². The standard InChI is InChI=1S/C15H22F2O2/c1-3-4-10-13(18)11(2)15(16,17)14(19)12-8-6-5-7-9-12/h5-9,11,13-14,18-19H,3-4,10H2,1-2H3/t11-,13+,14?/m0/s1. The van der Waals surface area contributed by atoms with Gasteiger partial charge in [-0.15, -0.1) is 0 Å². The molecule has 1 aromatic carbocycles. The summed E-state index contributed by atoms with van der Waals surface area (Å²) >= 11 is 0. The zero-order valence-corrected chi connectivity index (χ0v) is 11.4. The third-order valence-electron chi connectivity index (χ3n) is 3.52. The highest BCUT2D eigenvalue weighted by molar-refractivity contribution is 5.19. The summed E-state index contributed by atoms with van der Waals surface area (Å²) in [6, 6.07) is 7.83. The average Bonchev–Trinajstić information content (AvgIpc) is 2.43. The predicted octanol–water partition coefficient (Wildman–Crippen LogP) is 3.54. The lowest BCUT2D eigenvalue weighted by molar-refractivity contribution is -0.171. The maximum Gasteiger partial charge on any atom is 0.282 e. The normalized spacial score (nSPS) is 16.9. The first kappa shape index (κ1) is 16.1. The van der Waals surface area contributed by atoms with Crippen molar-refractivity contribution < 1.29 is 19.0 Å². The molecule has 108 valence electrons. The molecule has 3 atom stereocenters. The van der Waals surface area contributed by atoms with Crippen molar-refractivity contribution >= 4 is 0 Å². The van der Waals surface area contributed by atoms with Crippen LogP contribution >= 0.6 is 0 Å². The Morgan fingerprint density at radius 3 is 2.26 bits per heavy atom. The van der Waals surface area contributed by atoms with E-state index in [2.05, 4.69) is 0 Å². The van der Waals surface area contributed by atoms with E-state index in [0.717, 1.165) is 6.42 Å². The summed E-state index contributed by atoms with van der Waals surface area (Å²) in [4.78, 5) is 0. The fourth-order valence-electron chi connectivity index (χ4n) is 2.03. The van der Waals surface area contributed by atoms with Gasteiger partial charge in [-0.1, -0.05) is 57.0 Å². The molecule has 0 saturated carbocycles. The molecule has 1 unspecified atom stereocenters. The zero-order chi connectivity index (χ0) is 14.5. The second-order valence-corrected chi connectivity index (χ2v) is 4.99. The lowest BCUT2D eigenvalue weighted by Gasteiger charge is -2.31. The Morgan fingerprint density at radius 2 is 1.74 bits per heavy atom. The molecule has 0 radical (unpaired) electrons. The second kappa shape index (κ2) is 6.96. The third-order valence-corrected chi connectivity index (χ3v) is 3.52. The summed E-state index contributed by atoms with van der Waals surface area (Å²) in [6.45, 7) is 3.22. The van der Waals surface area contributed by atoms with E-state index in [-0.39, 0.29) is 5.56 Å². The number of alkyl halides is 2. The minimum Gasteiger partial charge on any atom is -0.393 e. The SMILES string of the molecule is CCCC[C@@H](O)[C@H](C)C(F)(F)C(O)c1ccccc1. The van der Waals surface area contributed by atoms with Crippen molar-refractivity contribution in [1.29, 1.82) is 0 Å². The first-order valence-corrected chi connectivity index (χ1v) is 6.70. The van der Waals surface area contributed by atoms with Crippen molar-refractivity contribution in [2.24, 2.45) is 5.92 Å². The third kappa shape index (κ3) is 3.98. The number of rotatable bonds is 7. The van der Waals surface area contributed by atoms with Gasteiger partial charge in [0.1, 0.15) is 6.10 Å². The summed E-state index contributed by atoms with van der Waals surface area (Å²) in [6.07, 6.45) is -1.12. The van der Waals surface area contributed by atoms with E-state index in [0.29, 0.717) is 12.8 Å². The summed E-state index contributed by atoms with van der Waals surface area (Å²) in [5.41, 5.74) is 0.169. The number of hydrogen-bond acceptors (Lipinski definition) is 2. The largest absolute Gasteiger partial charge is 0.393 e. The summed E-state index contributed by atoms with van der Waals surface area (Å²) < 4.78 is 28.3. The molecule has 0 heterocycles. The van der Waals surface area contributed by atoms with E-state index in [4.69, 9.17) is 0 Å². The van der Waals surface area contributed by atoms with E-state index in [1.807, 2.05) is 6.92 Å². The van der Waals surface area contributed by atoms with Crippen LogP contribution in [0.1, 0.15) is 44.8 Å². The average molecular weight is 272 g/mol. The highest BCUT2D eigenvalue weighted by atomic mass is 19.3. The lowest BCUT2D eigenvalue weighted by atomic mass is 9.87. The van der Waals surface area contributed by atoms with Crippen LogP contribution in [0.3, 0.4) is 0 Å². The molecule has 2 nitrogen and oxygen atoms in total. The molecule has 1 rings (SSSR count). The van der Waals surface area contributed by atoms with Crippen LogP contribution in [0.15, 0.2) is 30.3 Å². The molecule has 0 spiro atoms. The Hall–Kier alpha value is -1.00. The molecule has 0 aromatic heterocycles. The Morgan fingerprint density at radius 1 is 1.16 bits per heavy atom. The Labute approximate surface area is 113 Å². The second-order valence-electron chi connectivity index (χ2n) is 4.99. The topological polar surface area (TPSA) is 40.5 Å². The molecule has 19 heavy (non-hydrogen) atoms. The molecule has 2 N–H and O–H groups in total. The van der Waals surface area contributed by atoms with E-state index < -0.39 is 24.0 Å². The van der Waals surface area contributed by atoms with Crippen LogP contribution in [-0.2, 0) is 0 Å².